The van der Waals surface area contributed by atoms with Crippen molar-refractivity contribution >= 4 is 185 Å². The van der Waals surface area contributed by atoms with E-state index in [1.54, 1.807) is 22.0 Å². The molecule has 8 aromatic carbocycles. The summed E-state index contributed by atoms with van der Waals surface area (Å²) in [6, 6.07) is 66.0. The van der Waals surface area contributed by atoms with Crippen LogP contribution in [0.5, 0.6) is 23.0 Å². The van der Waals surface area contributed by atoms with Gasteiger partial charge in [-0.3, -0.25) is 4.57 Å². The zero-order valence-corrected chi connectivity index (χ0v) is 52.7. The van der Waals surface area contributed by atoms with Crippen molar-refractivity contribution in [3.63, 3.8) is 0 Å². The van der Waals surface area contributed by atoms with Gasteiger partial charge in [-0.2, -0.15) is 0 Å². The Kier molecular flexibility index (Phi) is 17.1. The van der Waals surface area contributed by atoms with Crippen LogP contribution in [-0.4, -0.2) is 19.1 Å². The molecular weight excluding hydrogens is 1270 g/mol. The minimum absolute atomic E-state index is 0.0278. The van der Waals surface area contributed by atoms with Gasteiger partial charge in [-0.25, -0.2) is 4.21 Å². The summed E-state index contributed by atoms with van der Waals surface area (Å²) in [4.78, 5) is 7.52. The Morgan fingerprint density at radius 2 is 0.932 bits per heavy atom. The lowest BCUT2D eigenvalue weighted by Crippen LogP contribution is -2.19. The maximum absolute atomic E-state index is 10.9. The van der Waals surface area contributed by atoms with Crippen molar-refractivity contribution in [3.8, 4) is 67.5 Å². The maximum Gasteiger partial charge on any atom is 0.309 e. The first-order valence-corrected chi connectivity index (χ1v) is 46.5. The fraction of sp³-hybridized carbons (Fsp3) is 0. The highest BCUT2D eigenvalue weighted by Crippen LogP contribution is 2.80. The van der Waals surface area contributed by atoms with Crippen molar-refractivity contribution in [2.75, 3.05) is 0 Å². The molecule has 26 heteroatoms. The zero-order valence-electron chi connectivity index (χ0n) is 41.4. The maximum atomic E-state index is 10.9. The average Bonchev–Trinajstić information content (AvgIpc) is 3.57. The van der Waals surface area contributed by atoms with Gasteiger partial charge in [0.1, 0.15) is 40.6 Å². The third-order valence-electron chi connectivity index (χ3n) is 10.9. The van der Waals surface area contributed by atoms with Crippen LogP contribution in [0, 0.1) is 0 Å². The van der Waals surface area contributed by atoms with Crippen molar-refractivity contribution in [2.45, 2.75) is 0 Å². The van der Waals surface area contributed by atoms with E-state index in [-0.39, 0.29) is 33.3 Å². The summed E-state index contributed by atoms with van der Waals surface area (Å²) in [7, 11) is -3.49. The number of thiol groups is 2. The molecule has 0 saturated carbocycles. The van der Waals surface area contributed by atoms with E-state index in [1.165, 1.54) is 16.4 Å². The van der Waals surface area contributed by atoms with Gasteiger partial charge in [0.15, 0.2) is 7.35 Å². The summed E-state index contributed by atoms with van der Waals surface area (Å²) < 4.78 is 73.3. The summed E-state index contributed by atoms with van der Waals surface area (Å²) >= 11 is 31.5. The van der Waals surface area contributed by atoms with E-state index in [0.717, 1.165) is 72.3 Å². The molecule has 0 aliphatic carbocycles. The fourth-order valence-electron chi connectivity index (χ4n) is 7.93. The van der Waals surface area contributed by atoms with Crippen molar-refractivity contribution in [2.24, 2.45) is 0 Å². The summed E-state index contributed by atoms with van der Waals surface area (Å²) in [6.45, 7) is 0.182. The molecule has 0 amide bonds. The van der Waals surface area contributed by atoms with Gasteiger partial charge < -0.3 is 27.9 Å². The topological polar surface area (TPSA) is 112 Å². The molecule has 0 spiro atoms. The highest BCUT2D eigenvalue weighted by Gasteiger charge is 2.43. The molecule has 6 unspecified atom stereocenters. The molecule has 74 heavy (non-hydrogen) atoms. The normalized spacial score (nSPS) is 22.1. The Bertz CT molecular complexity index is 3820. The van der Waals surface area contributed by atoms with Gasteiger partial charge in [0.05, 0.1) is 13.6 Å². The van der Waals surface area contributed by atoms with Crippen LogP contribution < -0.4 is 39.3 Å². The molecule has 0 saturated heterocycles. The molecule has 376 valence electrons. The summed E-state index contributed by atoms with van der Waals surface area (Å²) in [5.74, 6) is 3.43. The Balaban J connectivity index is 0.000000147. The number of fused-ring (bicyclic) bond motifs is 12. The van der Waals surface area contributed by atoms with Crippen molar-refractivity contribution in [3.05, 3.63) is 194 Å². The van der Waals surface area contributed by atoms with Crippen LogP contribution in [0.3, 0.4) is 0 Å². The Morgan fingerprint density at radius 3 is 1.32 bits per heavy atom. The molecule has 4 aliphatic heterocycles. The van der Waals surface area contributed by atoms with Crippen molar-refractivity contribution in [1.82, 2.24) is 0 Å². The quantitative estimate of drug-likeness (QED) is 0.0592. The van der Waals surface area contributed by atoms with Crippen LogP contribution in [0.15, 0.2) is 194 Å². The second-order valence-electron chi connectivity index (χ2n) is 15.5. The Hall–Kier alpha value is -1.62. The van der Waals surface area contributed by atoms with E-state index in [0.29, 0.717) is 11.6 Å². The lowest BCUT2D eigenvalue weighted by molar-refractivity contribution is 0.514. The minimum atomic E-state index is -3.12. The van der Waals surface area contributed by atoms with E-state index in [1.807, 2.05) is 91.0 Å². The molecule has 0 radical (unpaired) electrons. The SMILES string of the molecule is S=P1(SP2(=S)Oc3ccccc3-c3ccccc32)Oc2ccccc2-c2ccccc21.S=P1(SP2Oc3ccccc3-c3ccccc32)Oc2ccccc2-c2ccccc21.[2H]OP(=O)(P=S)S[2H].[2H]OP=S(=O)(P=S)S[2H]. The highest BCUT2D eigenvalue weighted by atomic mass is 33.5. The number of hydrogen-bond acceptors (Lipinski definition) is 17. The Morgan fingerprint density at radius 1 is 0.554 bits per heavy atom. The van der Waals surface area contributed by atoms with E-state index in [9.17, 15) is 8.77 Å². The smallest absolute Gasteiger partial charge is 0.309 e. The first kappa shape index (κ1) is 51.8. The van der Waals surface area contributed by atoms with Crippen LogP contribution in [0.2, 0.25) is 0 Å². The number of hydrogen-bond donors (Lipinski definition) is 4. The van der Waals surface area contributed by atoms with Crippen molar-refractivity contribution < 1.29 is 36.7 Å². The summed E-state index contributed by atoms with van der Waals surface area (Å²) in [6.07, 6.45) is -3.12. The van der Waals surface area contributed by atoms with E-state index in [2.05, 4.69) is 137 Å². The number of para-hydroxylation sites is 4. The van der Waals surface area contributed by atoms with E-state index in [4.69, 9.17) is 58.6 Å². The van der Waals surface area contributed by atoms with Crippen molar-refractivity contribution in [1.29, 1.82) is 5.11 Å². The molecule has 2 N–H and O–H groups in total. The second-order valence-corrected chi connectivity index (χ2v) is 55.4. The van der Waals surface area contributed by atoms with E-state index >= 15 is 0 Å². The highest BCUT2D eigenvalue weighted by molar-refractivity contribution is 9.00. The molecule has 4 heterocycles. The number of benzene rings is 8. The molecule has 0 fully saturated rings. The van der Waals surface area contributed by atoms with E-state index < -0.39 is 37.8 Å². The van der Waals surface area contributed by atoms with Gasteiger partial charge in [0, 0.05) is 43.5 Å². The zero-order chi connectivity index (χ0) is 55.1. The molecule has 12 rings (SSSR count). The van der Waals surface area contributed by atoms with Gasteiger partial charge in [-0.05, 0) is 152 Å². The minimum Gasteiger partial charge on any atom is -0.457 e. The molecule has 8 nitrogen and oxygen atoms in total. The van der Waals surface area contributed by atoms with Crippen LogP contribution in [0.25, 0.3) is 44.5 Å². The lowest BCUT2D eigenvalue weighted by Gasteiger charge is -2.37. The largest absolute Gasteiger partial charge is 0.457 e. The second kappa shape index (κ2) is 24.4. The number of rotatable bonds is 10. The monoisotopic (exact) mass is 1310 g/mol. The average molecular weight is 1310 g/mol. The van der Waals surface area contributed by atoms with Gasteiger partial charge in [-0.15, -0.1) is 0 Å². The predicted octanol–water partition coefficient (Wildman–Crippen LogP) is 16.9. The molecular formula is C48H36O8P8S10. The first-order chi connectivity index (χ1) is 37.7. The molecule has 4 aliphatic rings. The Labute approximate surface area is 483 Å². The van der Waals surface area contributed by atoms with Gasteiger partial charge in [-0.1, -0.05) is 169 Å². The molecule has 8 aromatic rings. The van der Waals surface area contributed by atoms with Gasteiger partial charge in [0.25, 0.3) is 0 Å². The van der Waals surface area contributed by atoms with Crippen LogP contribution in [-0.2, 0) is 71.4 Å². The van der Waals surface area contributed by atoms with Gasteiger partial charge >= 0.3 is 6.26 Å². The molecule has 6 atom stereocenters. The standard InChI is InChI=1S/C24H16O2P2S3.C24H16O2P2S2.H2O2P2S3.H2O2P2S2/c29-27(23-15-7-3-11-19(23)17-9-1-5-13-21(17)25-27)31-28(30)24-16-8-4-12-20(24)18-10-2-6-14-22(18)26-28;29-28(24-16-8-4-12-20(24)18-10-2-6-14-22(18)26-28)30-27-23-15-7-3-11-19(23)17-9-1-5-13-21(17)25-27;1-3-7(2,6)4-5;1-4(2,6)3-5/h1-16H;1-16H;1H,(H,2,6);(H2,1,2,6)/i/hD4. The van der Waals surface area contributed by atoms with Crippen LogP contribution in [0.4, 0.5) is 0 Å². The first-order valence-electron chi connectivity index (χ1n) is 23.0. The predicted molar refractivity (Wildman–Crippen MR) is 347 cm³/mol. The summed E-state index contributed by atoms with van der Waals surface area (Å²) in [5, 5.41) is 4.43. The van der Waals surface area contributed by atoms with Gasteiger partial charge in [0.2, 0.25) is 19.3 Å². The van der Waals surface area contributed by atoms with Crippen LogP contribution in [0.1, 0.15) is 0 Å². The third kappa shape index (κ3) is 12.7. The molecule has 0 aromatic heterocycles. The lowest BCUT2D eigenvalue weighted by atomic mass is 10.0. The third-order valence-corrected chi connectivity index (χ3v) is 49.9. The molecule has 0 bridgehead atoms. The summed E-state index contributed by atoms with van der Waals surface area (Å²) in [5.41, 5.74) is 1.51. The van der Waals surface area contributed by atoms with Crippen LogP contribution >= 0.6 is 96.9 Å². The fourth-order valence-corrected chi connectivity index (χ4v) is 39.3.